The molecule has 0 saturated carbocycles. The number of benzene rings is 3. The lowest BCUT2D eigenvalue weighted by Gasteiger charge is -2.34. The summed E-state index contributed by atoms with van der Waals surface area (Å²) in [5.74, 6) is -0.858. The fraction of sp³-hybridized carbons (Fsp3) is 0.310. The number of carbonyl (C=O) groups is 2. The van der Waals surface area contributed by atoms with E-state index in [1.165, 1.54) is 23.1 Å². The van der Waals surface area contributed by atoms with Crippen molar-refractivity contribution in [2.75, 3.05) is 17.1 Å². The van der Waals surface area contributed by atoms with E-state index in [0.717, 1.165) is 21.7 Å². The number of halogens is 2. The molecule has 7 nitrogen and oxygen atoms in total. The fourth-order valence-corrected chi connectivity index (χ4v) is 5.48. The van der Waals surface area contributed by atoms with Gasteiger partial charge in [0.25, 0.3) is 0 Å². The second kappa shape index (κ2) is 13.8. The topological polar surface area (TPSA) is 86.8 Å². The van der Waals surface area contributed by atoms with Crippen LogP contribution in [0.3, 0.4) is 0 Å². The summed E-state index contributed by atoms with van der Waals surface area (Å²) in [4.78, 5) is 29.1. The number of anilines is 1. The van der Waals surface area contributed by atoms with E-state index in [9.17, 15) is 18.0 Å². The molecule has 1 N–H and O–H groups in total. The Hall–Kier alpha value is -3.07. The van der Waals surface area contributed by atoms with Gasteiger partial charge in [-0.3, -0.25) is 13.9 Å². The predicted octanol–water partition coefficient (Wildman–Crippen LogP) is 5.31. The van der Waals surface area contributed by atoms with Gasteiger partial charge in [0.05, 0.1) is 17.0 Å². The summed E-state index contributed by atoms with van der Waals surface area (Å²) >= 11 is 12.4. The van der Waals surface area contributed by atoms with E-state index in [1.54, 1.807) is 0 Å². The second-order valence-corrected chi connectivity index (χ2v) is 12.1. The van der Waals surface area contributed by atoms with E-state index < -0.39 is 28.5 Å². The average Bonchev–Trinajstić information content (AvgIpc) is 2.90. The van der Waals surface area contributed by atoms with Crippen molar-refractivity contribution in [3.8, 4) is 0 Å². The van der Waals surface area contributed by atoms with Gasteiger partial charge < -0.3 is 10.2 Å². The molecule has 0 unspecified atom stereocenters. The van der Waals surface area contributed by atoms with Crippen molar-refractivity contribution >= 4 is 50.7 Å². The smallest absolute Gasteiger partial charge is 0.244 e. The highest BCUT2D eigenvalue weighted by molar-refractivity contribution is 7.92. The quantitative estimate of drug-likeness (QED) is 0.310. The van der Waals surface area contributed by atoms with Gasteiger partial charge in [-0.25, -0.2) is 8.42 Å². The first-order chi connectivity index (χ1) is 18.5. The highest BCUT2D eigenvalue weighted by atomic mass is 35.5. The van der Waals surface area contributed by atoms with Crippen LogP contribution in [0, 0.1) is 0 Å². The summed E-state index contributed by atoms with van der Waals surface area (Å²) < 4.78 is 26.6. The van der Waals surface area contributed by atoms with Crippen LogP contribution in [-0.4, -0.2) is 50.0 Å². The molecule has 2 atom stereocenters. The first-order valence-corrected chi connectivity index (χ1v) is 15.2. The molecule has 0 aromatic heterocycles. The van der Waals surface area contributed by atoms with Gasteiger partial charge in [0.1, 0.15) is 12.6 Å². The Balaban J connectivity index is 2.06. The molecule has 0 fully saturated rings. The molecular formula is C29H33Cl2N3O4S. The van der Waals surface area contributed by atoms with Crippen LogP contribution in [-0.2, 0) is 32.6 Å². The van der Waals surface area contributed by atoms with Crippen molar-refractivity contribution in [2.24, 2.45) is 0 Å². The summed E-state index contributed by atoms with van der Waals surface area (Å²) in [5, 5.41) is 3.42. The number of carbonyl (C=O) groups excluding carboxylic acids is 2. The fourth-order valence-electron chi connectivity index (χ4n) is 4.05. The summed E-state index contributed by atoms with van der Waals surface area (Å²) in [6.45, 7) is 3.42. The Kier molecular flexibility index (Phi) is 10.8. The first-order valence-electron chi connectivity index (χ1n) is 12.6. The van der Waals surface area contributed by atoms with Crippen molar-refractivity contribution in [2.45, 2.75) is 45.3 Å². The van der Waals surface area contributed by atoms with E-state index in [1.807, 2.05) is 74.5 Å². The third kappa shape index (κ3) is 8.71. The SMILES string of the molecule is CC[C@@H](C)NC(=O)[C@@H](Cc1ccccc1)N(Cc1ccccc1)C(=O)CN(c1ccc(Cl)cc1Cl)S(C)(=O)=O. The molecule has 0 radical (unpaired) electrons. The number of rotatable bonds is 12. The van der Waals surface area contributed by atoms with Gasteiger partial charge >= 0.3 is 0 Å². The maximum atomic E-state index is 14.0. The first kappa shape index (κ1) is 30.5. The Bertz CT molecular complexity index is 1370. The highest BCUT2D eigenvalue weighted by Gasteiger charge is 2.33. The van der Waals surface area contributed by atoms with Crippen molar-refractivity contribution in [3.63, 3.8) is 0 Å². The zero-order valence-electron chi connectivity index (χ0n) is 22.2. The zero-order valence-corrected chi connectivity index (χ0v) is 24.5. The normalized spacial score (nSPS) is 12.8. The highest BCUT2D eigenvalue weighted by Crippen LogP contribution is 2.30. The Morgan fingerprint density at radius 3 is 2.05 bits per heavy atom. The van der Waals surface area contributed by atoms with Gasteiger partial charge in [0.2, 0.25) is 21.8 Å². The van der Waals surface area contributed by atoms with E-state index in [0.29, 0.717) is 11.4 Å². The molecule has 0 spiro atoms. The number of nitrogens with zero attached hydrogens (tertiary/aromatic N) is 2. The number of nitrogens with one attached hydrogen (secondary N) is 1. The molecule has 3 aromatic carbocycles. The van der Waals surface area contributed by atoms with E-state index >= 15 is 0 Å². The Morgan fingerprint density at radius 2 is 1.51 bits per heavy atom. The summed E-state index contributed by atoms with van der Waals surface area (Å²) in [6.07, 6.45) is 1.97. The molecular weight excluding hydrogens is 557 g/mol. The molecule has 0 bridgehead atoms. The van der Waals surface area contributed by atoms with Gasteiger partial charge in [-0.1, -0.05) is 90.8 Å². The number of sulfonamides is 1. The largest absolute Gasteiger partial charge is 0.352 e. The molecule has 0 aliphatic rings. The third-order valence-electron chi connectivity index (χ3n) is 6.33. The number of hydrogen-bond acceptors (Lipinski definition) is 4. The number of hydrogen-bond donors (Lipinski definition) is 1. The van der Waals surface area contributed by atoms with Crippen molar-refractivity contribution in [1.29, 1.82) is 0 Å². The maximum absolute atomic E-state index is 14.0. The molecule has 0 saturated heterocycles. The summed E-state index contributed by atoms with van der Waals surface area (Å²) in [5.41, 5.74) is 1.80. The maximum Gasteiger partial charge on any atom is 0.244 e. The van der Waals surface area contributed by atoms with E-state index in [4.69, 9.17) is 23.2 Å². The van der Waals surface area contributed by atoms with Crippen LogP contribution in [0.4, 0.5) is 5.69 Å². The molecule has 3 aromatic rings. The number of amides is 2. The molecule has 0 aliphatic heterocycles. The second-order valence-electron chi connectivity index (χ2n) is 9.40. The van der Waals surface area contributed by atoms with Crippen LogP contribution in [0.25, 0.3) is 0 Å². The molecule has 0 aliphatic carbocycles. The minimum absolute atomic E-state index is 0.0886. The molecule has 0 heterocycles. The van der Waals surface area contributed by atoms with Crippen LogP contribution < -0.4 is 9.62 Å². The van der Waals surface area contributed by atoms with Crippen LogP contribution in [0.5, 0.6) is 0 Å². The van der Waals surface area contributed by atoms with Gasteiger partial charge in [0.15, 0.2) is 0 Å². The predicted molar refractivity (Wildman–Crippen MR) is 157 cm³/mol. The monoisotopic (exact) mass is 589 g/mol. The molecule has 3 rings (SSSR count). The lowest BCUT2D eigenvalue weighted by Crippen LogP contribution is -2.54. The Labute approximate surface area is 240 Å². The van der Waals surface area contributed by atoms with Crippen LogP contribution in [0.15, 0.2) is 78.9 Å². The molecule has 208 valence electrons. The third-order valence-corrected chi connectivity index (χ3v) is 7.99. The van der Waals surface area contributed by atoms with Crippen molar-refractivity contribution < 1.29 is 18.0 Å². The molecule has 2 amide bonds. The van der Waals surface area contributed by atoms with E-state index in [2.05, 4.69) is 5.32 Å². The average molecular weight is 591 g/mol. The minimum Gasteiger partial charge on any atom is -0.352 e. The van der Waals surface area contributed by atoms with Gasteiger partial charge in [-0.05, 0) is 42.7 Å². The Morgan fingerprint density at radius 1 is 0.923 bits per heavy atom. The van der Waals surface area contributed by atoms with E-state index in [-0.39, 0.29) is 35.6 Å². The zero-order chi connectivity index (χ0) is 28.6. The van der Waals surface area contributed by atoms with Gasteiger partial charge in [-0.15, -0.1) is 0 Å². The molecule has 39 heavy (non-hydrogen) atoms. The van der Waals surface area contributed by atoms with Gasteiger partial charge in [0, 0.05) is 24.0 Å². The summed E-state index contributed by atoms with van der Waals surface area (Å²) in [6, 6.07) is 22.1. The van der Waals surface area contributed by atoms with Crippen LogP contribution >= 0.6 is 23.2 Å². The van der Waals surface area contributed by atoms with Crippen LogP contribution in [0.2, 0.25) is 10.0 Å². The standard InChI is InChI=1S/C29H33Cl2N3O4S/c1-4-21(2)32-29(36)27(17-22-11-7-5-8-12-22)33(19-23-13-9-6-10-14-23)28(35)20-34(39(3,37)38)26-16-15-24(30)18-25(26)31/h5-16,18,21,27H,4,17,19-20H2,1-3H3,(H,32,36)/t21-,27-/m1/s1. The van der Waals surface area contributed by atoms with Crippen LogP contribution in [0.1, 0.15) is 31.4 Å². The molecule has 10 heteroatoms. The summed E-state index contributed by atoms with van der Waals surface area (Å²) in [7, 11) is -3.92. The van der Waals surface area contributed by atoms with Crippen molar-refractivity contribution in [3.05, 3.63) is 100 Å². The lowest BCUT2D eigenvalue weighted by molar-refractivity contribution is -0.140. The van der Waals surface area contributed by atoms with Gasteiger partial charge in [-0.2, -0.15) is 0 Å². The minimum atomic E-state index is -3.92. The van der Waals surface area contributed by atoms with Crippen molar-refractivity contribution in [1.82, 2.24) is 10.2 Å². The lowest BCUT2D eigenvalue weighted by atomic mass is 10.0.